The summed E-state index contributed by atoms with van der Waals surface area (Å²) in [6.07, 6.45) is 0. The highest BCUT2D eigenvalue weighted by Gasteiger charge is 2.32. The molecule has 2 N–H and O–H groups in total. The van der Waals surface area contributed by atoms with Crippen molar-refractivity contribution in [2.45, 2.75) is 13.0 Å². The third kappa shape index (κ3) is 2.85. The van der Waals surface area contributed by atoms with Gasteiger partial charge in [-0.05, 0) is 18.6 Å². The molecule has 0 bridgehead atoms. The van der Waals surface area contributed by atoms with E-state index in [0.29, 0.717) is 10.6 Å². The average Bonchev–Trinajstić information content (AvgIpc) is 2.39. The Bertz CT molecular complexity index is 545. The lowest BCUT2D eigenvalue weighted by Gasteiger charge is -2.24. The molecule has 2 amide bonds. The smallest absolute Gasteiger partial charge is 0.357 e. The number of nitrogens with one attached hydrogen (secondary N) is 2. The molecule has 0 aliphatic carbocycles. The molecule has 1 unspecified atom stereocenters. The number of halogens is 1. The van der Waals surface area contributed by atoms with Gasteiger partial charge in [0.15, 0.2) is 5.71 Å². The fraction of sp³-hybridized carbons (Fsp3) is 0.250. The first-order chi connectivity index (χ1) is 9.13. The van der Waals surface area contributed by atoms with Crippen molar-refractivity contribution in [1.82, 2.24) is 10.7 Å². The van der Waals surface area contributed by atoms with Crippen LogP contribution in [-0.4, -0.2) is 24.3 Å². The van der Waals surface area contributed by atoms with E-state index in [1.54, 1.807) is 31.2 Å². The van der Waals surface area contributed by atoms with Crippen molar-refractivity contribution < 1.29 is 14.3 Å². The van der Waals surface area contributed by atoms with Crippen LogP contribution in [0.5, 0.6) is 0 Å². The van der Waals surface area contributed by atoms with Crippen LogP contribution in [0.15, 0.2) is 29.4 Å². The number of urea groups is 1. The normalized spacial score (nSPS) is 18.1. The van der Waals surface area contributed by atoms with Crippen molar-refractivity contribution in [3.05, 3.63) is 34.9 Å². The van der Waals surface area contributed by atoms with Gasteiger partial charge < -0.3 is 10.1 Å². The van der Waals surface area contributed by atoms with Gasteiger partial charge in [0.05, 0.1) is 6.61 Å². The van der Waals surface area contributed by atoms with Crippen LogP contribution in [0.2, 0.25) is 5.02 Å². The highest BCUT2D eigenvalue weighted by molar-refractivity contribution is 6.40. The lowest BCUT2D eigenvalue weighted by Crippen LogP contribution is -2.47. The van der Waals surface area contributed by atoms with Gasteiger partial charge >= 0.3 is 12.0 Å². The number of amides is 2. The second-order valence-electron chi connectivity index (χ2n) is 3.76. The SMILES string of the molecule is CCOC(=O)C1=NNC(=O)NC1c1ccccc1Cl. The summed E-state index contributed by atoms with van der Waals surface area (Å²) in [7, 11) is 0. The molecule has 0 saturated carbocycles. The maximum atomic E-state index is 11.8. The summed E-state index contributed by atoms with van der Waals surface area (Å²) in [5, 5.41) is 6.78. The molecule has 100 valence electrons. The summed E-state index contributed by atoms with van der Waals surface area (Å²) in [6, 6.07) is 5.69. The molecule has 1 aliphatic heterocycles. The van der Waals surface area contributed by atoms with Crippen molar-refractivity contribution in [2.75, 3.05) is 6.61 Å². The zero-order valence-electron chi connectivity index (χ0n) is 10.1. The molecular formula is C12H12ClN3O3. The molecule has 1 aliphatic rings. The number of nitrogens with zero attached hydrogens (tertiary/aromatic N) is 1. The summed E-state index contributed by atoms with van der Waals surface area (Å²) in [4.78, 5) is 23.2. The van der Waals surface area contributed by atoms with Gasteiger partial charge in [-0.25, -0.2) is 15.0 Å². The van der Waals surface area contributed by atoms with Gasteiger partial charge in [0.2, 0.25) is 0 Å². The van der Waals surface area contributed by atoms with E-state index in [1.165, 1.54) is 0 Å². The molecule has 1 aromatic rings. The molecule has 0 saturated heterocycles. The minimum atomic E-state index is -0.721. The quantitative estimate of drug-likeness (QED) is 0.826. The Morgan fingerprint density at radius 2 is 2.21 bits per heavy atom. The summed E-state index contributed by atoms with van der Waals surface area (Å²) >= 11 is 6.07. The maximum absolute atomic E-state index is 11.8. The predicted octanol–water partition coefficient (Wildman–Crippen LogP) is 1.61. The summed E-state index contributed by atoms with van der Waals surface area (Å²) in [6.45, 7) is 1.92. The van der Waals surface area contributed by atoms with Crippen LogP contribution in [0.1, 0.15) is 18.5 Å². The van der Waals surface area contributed by atoms with E-state index in [-0.39, 0.29) is 12.3 Å². The van der Waals surface area contributed by atoms with Crippen LogP contribution < -0.4 is 10.7 Å². The minimum absolute atomic E-state index is 0.0644. The van der Waals surface area contributed by atoms with Crippen LogP contribution in [0.3, 0.4) is 0 Å². The molecule has 1 heterocycles. The topological polar surface area (TPSA) is 79.8 Å². The number of rotatable bonds is 3. The molecule has 0 spiro atoms. The van der Waals surface area contributed by atoms with Gasteiger partial charge in [-0.3, -0.25) is 0 Å². The fourth-order valence-electron chi connectivity index (χ4n) is 1.71. The number of benzene rings is 1. The third-order valence-electron chi connectivity index (χ3n) is 2.53. The van der Waals surface area contributed by atoms with E-state index in [4.69, 9.17) is 16.3 Å². The summed E-state index contributed by atoms with van der Waals surface area (Å²) in [5.74, 6) is -0.597. The molecule has 0 fully saturated rings. The van der Waals surface area contributed by atoms with Crippen LogP contribution in [0, 0.1) is 0 Å². The number of carbonyl (C=O) groups excluding carboxylic acids is 2. The van der Waals surface area contributed by atoms with Crippen molar-refractivity contribution in [2.24, 2.45) is 5.10 Å². The van der Waals surface area contributed by atoms with Crippen molar-refractivity contribution in [1.29, 1.82) is 0 Å². The summed E-state index contributed by atoms with van der Waals surface area (Å²) in [5.41, 5.74) is 2.84. The zero-order chi connectivity index (χ0) is 13.8. The van der Waals surface area contributed by atoms with Crippen molar-refractivity contribution in [3.8, 4) is 0 Å². The Balaban J connectivity index is 2.38. The van der Waals surface area contributed by atoms with Crippen molar-refractivity contribution >= 4 is 29.3 Å². The van der Waals surface area contributed by atoms with Crippen LogP contribution >= 0.6 is 11.6 Å². The number of hydrogen-bond donors (Lipinski definition) is 2. The minimum Gasteiger partial charge on any atom is -0.461 e. The largest absolute Gasteiger partial charge is 0.461 e. The lowest BCUT2D eigenvalue weighted by atomic mass is 10.0. The van der Waals surface area contributed by atoms with Crippen LogP contribution in [0.25, 0.3) is 0 Å². The molecular weight excluding hydrogens is 270 g/mol. The number of esters is 1. The Morgan fingerprint density at radius 1 is 1.47 bits per heavy atom. The second kappa shape index (κ2) is 5.71. The van der Waals surface area contributed by atoms with Gasteiger partial charge in [-0.15, -0.1) is 0 Å². The predicted molar refractivity (Wildman–Crippen MR) is 69.9 cm³/mol. The lowest BCUT2D eigenvalue weighted by molar-refractivity contribution is -0.135. The molecule has 2 rings (SSSR count). The molecule has 0 radical (unpaired) electrons. The molecule has 7 heteroatoms. The average molecular weight is 282 g/mol. The first kappa shape index (κ1) is 13.4. The van der Waals surface area contributed by atoms with Gasteiger partial charge in [0, 0.05) is 5.02 Å². The Morgan fingerprint density at radius 3 is 2.89 bits per heavy atom. The fourth-order valence-corrected chi connectivity index (χ4v) is 1.95. The van der Waals surface area contributed by atoms with Gasteiger partial charge in [0.1, 0.15) is 6.04 Å². The van der Waals surface area contributed by atoms with E-state index >= 15 is 0 Å². The molecule has 6 nitrogen and oxygen atoms in total. The maximum Gasteiger partial charge on any atom is 0.357 e. The van der Waals surface area contributed by atoms with Gasteiger partial charge in [-0.2, -0.15) is 5.10 Å². The Kier molecular flexibility index (Phi) is 4.01. The van der Waals surface area contributed by atoms with E-state index in [0.717, 1.165) is 0 Å². The monoisotopic (exact) mass is 281 g/mol. The number of hydrogen-bond acceptors (Lipinski definition) is 4. The first-order valence-corrected chi connectivity index (χ1v) is 6.07. The highest BCUT2D eigenvalue weighted by atomic mass is 35.5. The standard InChI is InChI=1S/C12H12ClN3O3/c1-2-19-11(17)10-9(14-12(18)16-15-10)7-5-3-4-6-8(7)13/h3-6,9H,2H2,1H3,(H2,14,16,18). The number of carbonyl (C=O) groups is 2. The van der Waals surface area contributed by atoms with E-state index in [9.17, 15) is 9.59 Å². The molecule has 0 aromatic heterocycles. The van der Waals surface area contributed by atoms with E-state index < -0.39 is 18.0 Å². The van der Waals surface area contributed by atoms with Crippen LogP contribution in [0.4, 0.5) is 4.79 Å². The third-order valence-corrected chi connectivity index (χ3v) is 2.87. The van der Waals surface area contributed by atoms with Gasteiger partial charge in [-0.1, -0.05) is 29.8 Å². The Hall–Kier alpha value is -2.08. The Labute approximate surface area is 114 Å². The van der Waals surface area contributed by atoms with Crippen LogP contribution in [-0.2, 0) is 9.53 Å². The van der Waals surface area contributed by atoms with Gasteiger partial charge in [0.25, 0.3) is 0 Å². The molecule has 1 aromatic carbocycles. The van der Waals surface area contributed by atoms with E-state index in [2.05, 4.69) is 15.8 Å². The number of hydrazone groups is 1. The second-order valence-corrected chi connectivity index (χ2v) is 4.16. The first-order valence-electron chi connectivity index (χ1n) is 5.69. The highest BCUT2D eigenvalue weighted by Crippen LogP contribution is 2.25. The summed E-state index contributed by atoms with van der Waals surface area (Å²) < 4.78 is 4.90. The van der Waals surface area contributed by atoms with Crippen molar-refractivity contribution in [3.63, 3.8) is 0 Å². The zero-order valence-corrected chi connectivity index (χ0v) is 10.9. The molecule has 19 heavy (non-hydrogen) atoms. The number of ether oxygens (including phenoxy) is 1. The van der Waals surface area contributed by atoms with E-state index in [1.807, 2.05) is 0 Å². The molecule has 1 atom stereocenters.